The molecule has 1 amide bonds. The Morgan fingerprint density at radius 2 is 2.16 bits per heavy atom. The maximum Gasteiger partial charge on any atom is 0.259 e. The number of nitrogens with one attached hydrogen (secondary N) is 1. The van der Waals surface area contributed by atoms with Crippen molar-refractivity contribution in [3.05, 3.63) is 34.9 Å². The fourth-order valence-electron chi connectivity index (χ4n) is 3.03. The lowest BCUT2D eigenvalue weighted by atomic mass is 10.1. The van der Waals surface area contributed by atoms with Crippen LogP contribution in [0.25, 0.3) is 0 Å². The lowest BCUT2D eigenvalue weighted by molar-refractivity contribution is 0.0772. The zero-order valence-electron chi connectivity index (χ0n) is 10.7. The molecule has 0 aliphatic carbocycles. The first-order chi connectivity index (χ1) is 9.08. The molecular formula is C14H16F2N2O. The zero-order chi connectivity index (χ0) is 13.6. The molecule has 1 N–H and O–H groups in total. The van der Waals surface area contributed by atoms with Crippen molar-refractivity contribution < 1.29 is 13.6 Å². The van der Waals surface area contributed by atoms with Crippen molar-refractivity contribution in [3.63, 3.8) is 0 Å². The molecule has 102 valence electrons. The first-order valence-electron chi connectivity index (χ1n) is 6.55. The number of fused-ring (bicyclic) bond motifs is 1. The molecule has 0 spiro atoms. The minimum atomic E-state index is -0.780. The summed E-state index contributed by atoms with van der Waals surface area (Å²) in [5.41, 5.74) is -0.123. The monoisotopic (exact) mass is 266 g/mol. The number of hydrogen-bond acceptors (Lipinski definition) is 2. The molecule has 2 fully saturated rings. The summed E-state index contributed by atoms with van der Waals surface area (Å²) in [6, 6.07) is 2.78. The van der Waals surface area contributed by atoms with E-state index in [9.17, 15) is 13.6 Å². The van der Waals surface area contributed by atoms with Crippen molar-refractivity contribution in [2.75, 3.05) is 19.6 Å². The lowest BCUT2D eigenvalue weighted by Crippen LogP contribution is -2.35. The summed E-state index contributed by atoms with van der Waals surface area (Å²) in [5, 5.41) is 3.31. The molecule has 2 aliphatic rings. The summed E-state index contributed by atoms with van der Waals surface area (Å²) in [5.74, 6) is -1.64. The summed E-state index contributed by atoms with van der Waals surface area (Å²) in [6.45, 7) is 3.62. The van der Waals surface area contributed by atoms with E-state index in [1.165, 1.54) is 13.0 Å². The number of rotatable bonds is 1. The van der Waals surface area contributed by atoms with Crippen LogP contribution >= 0.6 is 0 Å². The highest BCUT2D eigenvalue weighted by Gasteiger charge is 2.39. The van der Waals surface area contributed by atoms with E-state index in [0.717, 1.165) is 19.0 Å². The summed E-state index contributed by atoms with van der Waals surface area (Å²) >= 11 is 0. The van der Waals surface area contributed by atoms with Crippen LogP contribution < -0.4 is 5.32 Å². The Morgan fingerprint density at radius 1 is 1.37 bits per heavy atom. The summed E-state index contributed by atoms with van der Waals surface area (Å²) < 4.78 is 27.7. The fourth-order valence-corrected chi connectivity index (χ4v) is 3.03. The number of nitrogens with zero attached hydrogens (tertiary/aromatic N) is 1. The van der Waals surface area contributed by atoms with Crippen molar-refractivity contribution in [2.45, 2.75) is 19.4 Å². The number of aryl methyl sites for hydroxylation is 1. The number of carbonyl (C=O) groups is 1. The third-order valence-corrected chi connectivity index (χ3v) is 4.15. The van der Waals surface area contributed by atoms with Crippen LogP contribution in [0, 0.1) is 24.5 Å². The average Bonchev–Trinajstić information content (AvgIpc) is 2.94. The minimum absolute atomic E-state index is 0.278. The van der Waals surface area contributed by atoms with Crippen LogP contribution in [0.1, 0.15) is 22.3 Å². The minimum Gasteiger partial charge on any atom is -0.337 e. The van der Waals surface area contributed by atoms with Gasteiger partial charge in [-0.15, -0.1) is 0 Å². The van der Waals surface area contributed by atoms with E-state index in [4.69, 9.17) is 0 Å². The first-order valence-corrected chi connectivity index (χ1v) is 6.55. The molecule has 2 heterocycles. The third-order valence-electron chi connectivity index (χ3n) is 4.15. The number of carbonyl (C=O) groups excluding carboxylic acids is 1. The van der Waals surface area contributed by atoms with Gasteiger partial charge >= 0.3 is 0 Å². The number of amides is 1. The van der Waals surface area contributed by atoms with Gasteiger partial charge in [0.05, 0.1) is 0 Å². The molecule has 2 atom stereocenters. The first kappa shape index (κ1) is 12.5. The van der Waals surface area contributed by atoms with Gasteiger partial charge in [-0.1, -0.05) is 6.07 Å². The fraction of sp³-hybridized carbons (Fsp3) is 0.500. The molecule has 0 aromatic heterocycles. The van der Waals surface area contributed by atoms with E-state index in [1.54, 1.807) is 4.90 Å². The number of hydrogen-bond donors (Lipinski definition) is 1. The average molecular weight is 266 g/mol. The maximum atomic E-state index is 14.0. The van der Waals surface area contributed by atoms with Crippen molar-refractivity contribution in [2.24, 2.45) is 5.92 Å². The topological polar surface area (TPSA) is 32.3 Å². The van der Waals surface area contributed by atoms with Gasteiger partial charge in [0.15, 0.2) is 0 Å². The molecule has 19 heavy (non-hydrogen) atoms. The van der Waals surface area contributed by atoms with E-state index >= 15 is 0 Å². The third kappa shape index (κ3) is 2.02. The van der Waals surface area contributed by atoms with Crippen LogP contribution in [0.4, 0.5) is 8.78 Å². The standard InChI is InChI=1S/C14H16F2N2O/c1-8-2-3-10(15)12(13(8)16)14(19)18-6-9-4-5-17-11(9)7-18/h2-3,9,11,17H,4-7H2,1H3/t9-,11+/m0/s1. The van der Waals surface area contributed by atoms with E-state index < -0.39 is 23.1 Å². The highest BCUT2D eigenvalue weighted by Crippen LogP contribution is 2.27. The van der Waals surface area contributed by atoms with Gasteiger partial charge in [-0.05, 0) is 37.4 Å². The lowest BCUT2D eigenvalue weighted by Gasteiger charge is -2.18. The van der Waals surface area contributed by atoms with Gasteiger partial charge in [-0.3, -0.25) is 4.79 Å². The van der Waals surface area contributed by atoms with Gasteiger partial charge in [-0.25, -0.2) is 8.78 Å². The second kappa shape index (κ2) is 4.56. The molecule has 2 aliphatic heterocycles. The largest absolute Gasteiger partial charge is 0.337 e. The van der Waals surface area contributed by atoms with Crippen LogP contribution in [0.3, 0.4) is 0 Å². The summed E-state index contributed by atoms with van der Waals surface area (Å²) in [6.07, 6.45) is 1.02. The molecule has 0 radical (unpaired) electrons. The Bertz CT molecular complexity index is 520. The van der Waals surface area contributed by atoms with Crippen LogP contribution in [0.15, 0.2) is 12.1 Å². The Morgan fingerprint density at radius 3 is 2.89 bits per heavy atom. The summed E-state index contributed by atoms with van der Waals surface area (Å²) in [7, 11) is 0. The number of halogens is 2. The van der Waals surface area contributed by atoms with E-state index in [-0.39, 0.29) is 6.04 Å². The van der Waals surface area contributed by atoms with E-state index in [2.05, 4.69) is 5.32 Å². The molecule has 2 saturated heterocycles. The van der Waals surface area contributed by atoms with Crippen molar-refractivity contribution in [3.8, 4) is 0 Å². The Labute approximate surface area is 110 Å². The van der Waals surface area contributed by atoms with Gasteiger partial charge in [-0.2, -0.15) is 0 Å². The van der Waals surface area contributed by atoms with Crippen molar-refractivity contribution in [1.29, 1.82) is 0 Å². The second-order valence-corrected chi connectivity index (χ2v) is 5.37. The van der Waals surface area contributed by atoms with Crippen molar-refractivity contribution >= 4 is 5.91 Å². The van der Waals surface area contributed by atoms with Crippen LogP contribution in [-0.2, 0) is 0 Å². The summed E-state index contributed by atoms with van der Waals surface area (Å²) in [4.78, 5) is 13.8. The Kier molecular flexibility index (Phi) is 3.01. The smallest absolute Gasteiger partial charge is 0.259 e. The van der Waals surface area contributed by atoms with Gasteiger partial charge < -0.3 is 10.2 Å². The number of likely N-dealkylation sites (tertiary alicyclic amines) is 1. The SMILES string of the molecule is Cc1ccc(F)c(C(=O)N2C[C@@H]3CCN[C@@H]3C2)c1F. The van der Waals surface area contributed by atoms with Gasteiger partial charge in [0.25, 0.3) is 5.91 Å². The van der Waals surface area contributed by atoms with E-state index in [0.29, 0.717) is 24.6 Å². The molecular weight excluding hydrogens is 250 g/mol. The van der Waals surface area contributed by atoms with Gasteiger partial charge in [0.2, 0.25) is 0 Å². The van der Waals surface area contributed by atoms with Crippen LogP contribution in [0.2, 0.25) is 0 Å². The molecule has 0 unspecified atom stereocenters. The second-order valence-electron chi connectivity index (χ2n) is 5.37. The molecule has 1 aromatic rings. The zero-order valence-corrected chi connectivity index (χ0v) is 10.7. The van der Waals surface area contributed by atoms with Crippen LogP contribution in [0.5, 0.6) is 0 Å². The molecule has 3 rings (SSSR count). The van der Waals surface area contributed by atoms with E-state index in [1.807, 2.05) is 0 Å². The Hall–Kier alpha value is -1.49. The van der Waals surface area contributed by atoms with Crippen LogP contribution in [-0.4, -0.2) is 36.5 Å². The number of benzene rings is 1. The maximum absolute atomic E-state index is 14.0. The molecule has 3 nitrogen and oxygen atoms in total. The molecule has 5 heteroatoms. The normalized spacial score (nSPS) is 25.7. The molecule has 1 aromatic carbocycles. The predicted octanol–water partition coefficient (Wildman–Crippen LogP) is 1.71. The van der Waals surface area contributed by atoms with Crippen molar-refractivity contribution in [1.82, 2.24) is 10.2 Å². The highest BCUT2D eigenvalue weighted by atomic mass is 19.1. The highest BCUT2D eigenvalue weighted by molar-refractivity contribution is 5.95. The predicted molar refractivity (Wildman–Crippen MR) is 66.9 cm³/mol. The Balaban J connectivity index is 1.87. The van der Waals surface area contributed by atoms with Gasteiger partial charge in [0, 0.05) is 19.1 Å². The molecule has 0 bridgehead atoms. The molecule has 0 saturated carbocycles. The van der Waals surface area contributed by atoms with Gasteiger partial charge in [0.1, 0.15) is 17.2 Å². The quantitative estimate of drug-likeness (QED) is 0.839.